The summed E-state index contributed by atoms with van der Waals surface area (Å²) in [6.07, 6.45) is 2.90. The lowest BCUT2D eigenvalue weighted by atomic mass is 10.1. The lowest BCUT2D eigenvalue weighted by Gasteiger charge is -2.10. The van der Waals surface area contributed by atoms with Crippen LogP contribution in [0.25, 0.3) is 5.82 Å². The Balaban J connectivity index is 2.56. The van der Waals surface area contributed by atoms with Crippen molar-refractivity contribution in [3.63, 3.8) is 0 Å². The fourth-order valence-corrected chi connectivity index (χ4v) is 1.64. The molecule has 0 unspecified atom stereocenters. The van der Waals surface area contributed by atoms with Gasteiger partial charge in [0.05, 0.1) is 17.5 Å². The van der Waals surface area contributed by atoms with E-state index in [-0.39, 0.29) is 0 Å². The van der Waals surface area contributed by atoms with E-state index >= 15 is 0 Å². The molecule has 7 heteroatoms. The maximum absolute atomic E-state index is 11.0. The van der Waals surface area contributed by atoms with E-state index in [0.29, 0.717) is 17.9 Å². The zero-order chi connectivity index (χ0) is 13.3. The highest BCUT2D eigenvalue weighted by atomic mass is 16.1. The average Bonchev–Trinajstić information content (AvgIpc) is 2.82. The van der Waals surface area contributed by atoms with E-state index in [2.05, 4.69) is 15.3 Å². The van der Waals surface area contributed by atoms with Crippen molar-refractivity contribution >= 4 is 5.91 Å². The third-order valence-electron chi connectivity index (χ3n) is 2.85. The van der Waals surface area contributed by atoms with Gasteiger partial charge in [-0.3, -0.25) is 4.79 Å². The van der Waals surface area contributed by atoms with Gasteiger partial charge >= 0.3 is 0 Å². The van der Waals surface area contributed by atoms with Gasteiger partial charge in [0.15, 0.2) is 5.82 Å². The smallest absolute Gasteiger partial charge is 0.251 e. The van der Waals surface area contributed by atoms with Crippen molar-refractivity contribution in [3.05, 3.63) is 34.8 Å². The first kappa shape index (κ1) is 12.2. The maximum atomic E-state index is 11.0. The van der Waals surface area contributed by atoms with E-state index in [0.717, 1.165) is 16.8 Å². The van der Waals surface area contributed by atoms with Crippen molar-refractivity contribution in [2.45, 2.75) is 20.4 Å². The normalized spacial score (nSPS) is 10.6. The molecule has 0 saturated heterocycles. The van der Waals surface area contributed by atoms with Crippen molar-refractivity contribution in [2.24, 2.45) is 11.5 Å². The third-order valence-corrected chi connectivity index (χ3v) is 2.85. The first-order valence-corrected chi connectivity index (χ1v) is 5.42. The van der Waals surface area contributed by atoms with Crippen LogP contribution in [0.1, 0.15) is 27.2 Å². The van der Waals surface area contributed by atoms with Gasteiger partial charge < -0.3 is 11.5 Å². The van der Waals surface area contributed by atoms with Crippen LogP contribution in [-0.2, 0) is 6.54 Å². The highest BCUT2D eigenvalue weighted by molar-refractivity contribution is 5.92. The number of nitrogens with two attached hydrogens (primary N) is 2. The van der Waals surface area contributed by atoms with Crippen molar-refractivity contribution in [2.75, 3.05) is 0 Å². The Hall–Kier alpha value is -2.28. The van der Waals surface area contributed by atoms with Crippen molar-refractivity contribution in [1.29, 1.82) is 0 Å². The first-order valence-electron chi connectivity index (χ1n) is 5.42. The Morgan fingerprint density at radius 3 is 2.67 bits per heavy atom. The van der Waals surface area contributed by atoms with E-state index in [1.54, 1.807) is 0 Å². The molecule has 0 saturated carbocycles. The minimum absolute atomic E-state index is 0.318. The summed E-state index contributed by atoms with van der Waals surface area (Å²) >= 11 is 0. The molecule has 4 N–H and O–H groups in total. The fraction of sp³-hybridized carbons (Fsp3) is 0.273. The SMILES string of the molecule is Cc1nnc(-n2cc(C(N)=O)cn2)c(CN)c1C. The van der Waals surface area contributed by atoms with E-state index in [9.17, 15) is 4.79 Å². The number of carbonyl (C=O) groups is 1. The molecular weight excluding hydrogens is 232 g/mol. The van der Waals surface area contributed by atoms with Gasteiger partial charge in [-0.1, -0.05) is 0 Å². The summed E-state index contributed by atoms with van der Waals surface area (Å²) in [7, 11) is 0. The van der Waals surface area contributed by atoms with Crippen LogP contribution in [0.5, 0.6) is 0 Å². The maximum Gasteiger partial charge on any atom is 0.251 e. The van der Waals surface area contributed by atoms with Crippen LogP contribution in [0, 0.1) is 13.8 Å². The van der Waals surface area contributed by atoms with Crippen molar-refractivity contribution in [1.82, 2.24) is 20.0 Å². The molecule has 0 spiro atoms. The highest BCUT2D eigenvalue weighted by Crippen LogP contribution is 2.16. The van der Waals surface area contributed by atoms with Crippen LogP contribution < -0.4 is 11.5 Å². The van der Waals surface area contributed by atoms with Gasteiger partial charge in [-0.15, -0.1) is 5.10 Å². The number of primary amides is 1. The van der Waals surface area contributed by atoms with Gasteiger partial charge in [0.25, 0.3) is 5.91 Å². The Kier molecular flexibility index (Phi) is 3.07. The molecule has 2 heterocycles. The largest absolute Gasteiger partial charge is 0.366 e. The van der Waals surface area contributed by atoms with Crippen LogP contribution in [0.3, 0.4) is 0 Å². The Morgan fingerprint density at radius 2 is 2.11 bits per heavy atom. The second-order valence-electron chi connectivity index (χ2n) is 3.95. The second kappa shape index (κ2) is 4.53. The molecule has 0 fully saturated rings. The molecule has 2 aromatic rings. The van der Waals surface area contributed by atoms with E-state index in [4.69, 9.17) is 11.5 Å². The molecule has 7 nitrogen and oxygen atoms in total. The molecule has 94 valence electrons. The quantitative estimate of drug-likeness (QED) is 0.781. The van der Waals surface area contributed by atoms with Gasteiger partial charge in [0.1, 0.15) is 0 Å². The molecule has 0 radical (unpaired) electrons. The lowest BCUT2D eigenvalue weighted by Crippen LogP contribution is -2.13. The van der Waals surface area contributed by atoms with Gasteiger partial charge in [-0.25, -0.2) is 4.68 Å². The number of aromatic nitrogens is 4. The van der Waals surface area contributed by atoms with E-state index < -0.39 is 5.91 Å². The number of carbonyl (C=O) groups excluding carboxylic acids is 1. The van der Waals surface area contributed by atoms with Crippen molar-refractivity contribution < 1.29 is 4.79 Å². The monoisotopic (exact) mass is 246 g/mol. The lowest BCUT2D eigenvalue weighted by molar-refractivity contribution is 0.100. The highest BCUT2D eigenvalue weighted by Gasteiger charge is 2.13. The fourth-order valence-electron chi connectivity index (χ4n) is 1.64. The molecule has 2 aromatic heterocycles. The van der Waals surface area contributed by atoms with Crippen LogP contribution in [0.2, 0.25) is 0 Å². The Bertz CT molecular complexity index is 604. The topological polar surface area (TPSA) is 113 Å². The van der Waals surface area contributed by atoms with E-state index in [1.165, 1.54) is 17.1 Å². The predicted molar refractivity (Wildman–Crippen MR) is 65.0 cm³/mol. The number of hydrogen-bond donors (Lipinski definition) is 2. The summed E-state index contributed by atoms with van der Waals surface area (Å²) in [5, 5.41) is 12.2. The Labute approximate surface area is 104 Å². The average molecular weight is 246 g/mol. The summed E-state index contributed by atoms with van der Waals surface area (Å²) < 4.78 is 1.46. The molecule has 0 aliphatic carbocycles. The molecule has 2 rings (SSSR count). The number of rotatable bonds is 3. The summed E-state index contributed by atoms with van der Waals surface area (Å²) in [6, 6.07) is 0. The Morgan fingerprint density at radius 1 is 1.39 bits per heavy atom. The second-order valence-corrected chi connectivity index (χ2v) is 3.95. The van der Waals surface area contributed by atoms with Crippen LogP contribution in [0.4, 0.5) is 0 Å². The number of amides is 1. The summed E-state index contributed by atoms with van der Waals surface area (Å²) in [4.78, 5) is 11.0. The summed E-state index contributed by atoms with van der Waals surface area (Å²) in [6.45, 7) is 4.11. The van der Waals surface area contributed by atoms with Gasteiger partial charge in [-0.05, 0) is 19.4 Å². The summed E-state index contributed by atoms with van der Waals surface area (Å²) in [5.41, 5.74) is 13.9. The zero-order valence-corrected chi connectivity index (χ0v) is 10.2. The van der Waals surface area contributed by atoms with Crippen LogP contribution in [-0.4, -0.2) is 25.9 Å². The predicted octanol–water partition coefficient (Wildman–Crippen LogP) is -0.163. The van der Waals surface area contributed by atoms with Crippen LogP contribution in [0.15, 0.2) is 12.4 Å². The van der Waals surface area contributed by atoms with Gasteiger partial charge in [0.2, 0.25) is 0 Å². The minimum Gasteiger partial charge on any atom is -0.366 e. The number of aryl methyl sites for hydroxylation is 1. The molecule has 0 aliphatic heterocycles. The number of nitrogens with zero attached hydrogens (tertiary/aromatic N) is 4. The van der Waals surface area contributed by atoms with Crippen LogP contribution >= 0.6 is 0 Å². The number of hydrogen-bond acceptors (Lipinski definition) is 5. The molecule has 0 atom stereocenters. The van der Waals surface area contributed by atoms with Gasteiger partial charge in [-0.2, -0.15) is 10.2 Å². The third kappa shape index (κ3) is 1.95. The molecule has 0 bridgehead atoms. The molecule has 0 aromatic carbocycles. The first-order chi connectivity index (χ1) is 8.54. The van der Waals surface area contributed by atoms with Gasteiger partial charge in [0, 0.05) is 18.3 Å². The molecular formula is C11H14N6O. The molecule has 1 amide bonds. The standard InChI is InChI=1S/C11H14N6O/c1-6-7(2)15-16-11(9(6)3-12)17-5-8(4-14-17)10(13)18/h4-5H,3,12H2,1-2H3,(H2,13,18). The van der Waals surface area contributed by atoms with Crippen molar-refractivity contribution in [3.8, 4) is 5.82 Å². The minimum atomic E-state index is -0.535. The van der Waals surface area contributed by atoms with E-state index in [1.807, 2.05) is 13.8 Å². The molecule has 18 heavy (non-hydrogen) atoms. The summed E-state index contributed by atoms with van der Waals surface area (Å²) in [5.74, 6) is -0.0135. The zero-order valence-electron chi connectivity index (χ0n) is 10.2. The molecule has 0 aliphatic rings.